The summed E-state index contributed by atoms with van der Waals surface area (Å²) in [6.45, 7) is 11.8. The minimum atomic E-state index is -0.109. The van der Waals surface area contributed by atoms with Gasteiger partial charge >= 0.3 is 0 Å². The summed E-state index contributed by atoms with van der Waals surface area (Å²) < 4.78 is 43.6. The number of hydrogen-bond acceptors (Lipinski definition) is 10. The fraction of sp³-hybridized carbons (Fsp3) is 0.706. The number of allylic oxidation sites excluding steroid dienone is 2. The number of terminal acetylenes is 2. The summed E-state index contributed by atoms with van der Waals surface area (Å²) in [4.78, 5) is 23.7. The Morgan fingerprint density at radius 3 is 0.957 bits per heavy atom. The van der Waals surface area contributed by atoms with Gasteiger partial charge < -0.3 is 48.5 Å². The second-order valence-corrected chi connectivity index (χ2v) is 9.67. The molecule has 0 saturated carbocycles. The van der Waals surface area contributed by atoms with Gasteiger partial charge in [-0.3, -0.25) is 9.59 Å². The van der Waals surface area contributed by atoms with Crippen molar-refractivity contribution >= 4 is 11.8 Å². The predicted molar refractivity (Wildman–Crippen MR) is 176 cm³/mol. The molecule has 0 aromatic heterocycles. The Bertz CT molecular complexity index is 823. The van der Waals surface area contributed by atoms with Crippen molar-refractivity contribution in [1.29, 1.82) is 0 Å². The lowest BCUT2D eigenvalue weighted by Gasteiger charge is -2.09. The highest BCUT2D eigenvalue weighted by Gasteiger charge is 2.03. The average molecular weight is 653 g/mol. The average Bonchev–Trinajstić information content (AvgIpc) is 3.05. The van der Waals surface area contributed by atoms with Gasteiger partial charge in [-0.25, -0.2) is 0 Å². The molecule has 2 N–H and O–H groups in total. The standard InChI is InChI=1S/C34H56N2O10/c1-5-7-9-11-31(3)33(37)35-13-15-39-17-19-41-21-23-43-25-27-45-29-30-46-28-26-44-24-22-42-20-18-40-16-14-36-34(38)32(4)12-10-8-6-2/h1-2,11-12H,7-10,13-30H2,3-4H3,(H,35,37)(H,36,38)/b31-11+,32-12+. The predicted octanol–water partition coefficient (Wildman–Crippen LogP) is 2.07. The van der Waals surface area contributed by atoms with Crippen LogP contribution in [0.2, 0.25) is 0 Å². The van der Waals surface area contributed by atoms with Crippen molar-refractivity contribution in [3.8, 4) is 24.7 Å². The molecule has 0 radical (unpaired) electrons. The minimum Gasteiger partial charge on any atom is -0.377 e. The smallest absolute Gasteiger partial charge is 0.246 e. The molecular weight excluding hydrogens is 596 g/mol. The van der Waals surface area contributed by atoms with E-state index < -0.39 is 0 Å². The molecule has 2 amide bonds. The Morgan fingerprint density at radius 1 is 0.478 bits per heavy atom. The van der Waals surface area contributed by atoms with Crippen molar-refractivity contribution in [2.45, 2.75) is 39.5 Å². The first-order valence-corrected chi connectivity index (χ1v) is 15.9. The number of rotatable bonds is 33. The van der Waals surface area contributed by atoms with Gasteiger partial charge in [-0.1, -0.05) is 12.2 Å². The molecular formula is C34H56N2O10. The third-order valence-electron chi connectivity index (χ3n) is 5.86. The van der Waals surface area contributed by atoms with E-state index in [2.05, 4.69) is 22.5 Å². The van der Waals surface area contributed by atoms with E-state index in [1.807, 2.05) is 12.2 Å². The van der Waals surface area contributed by atoms with Crippen LogP contribution in [0.5, 0.6) is 0 Å². The number of ether oxygens (including phenoxy) is 8. The van der Waals surface area contributed by atoms with E-state index in [1.165, 1.54) is 0 Å². The van der Waals surface area contributed by atoms with Crippen molar-refractivity contribution in [3.63, 3.8) is 0 Å². The van der Waals surface area contributed by atoms with Gasteiger partial charge in [0.2, 0.25) is 11.8 Å². The lowest BCUT2D eigenvalue weighted by molar-refractivity contribution is -0.118. The van der Waals surface area contributed by atoms with Crippen LogP contribution >= 0.6 is 0 Å². The second kappa shape index (κ2) is 35.1. The molecule has 46 heavy (non-hydrogen) atoms. The fourth-order valence-corrected chi connectivity index (χ4v) is 3.32. The van der Waals surface area contributed by atoms with Crippen LogP contribution in [-0.2, 0) is 47.5 Å². The highest BCUT2D eigenvalue weighted by Crippen LogP contribution is 1.99. The molecule has 0 spiro atoms. The maximum absolute atomic E-state index is 11.9. The molecule has 0 aromatic carbocycles. The Kier molecular flexibility index (Phi) is 33.0. The first kappa shape index (κ1) is 43.2. The number of carbonyl (C=O) groups excluding carboxylic acids is 2. The molecule has 0 aromatic rings. The largest absolute Gasteiger partial charge is 0.377 e. The molecule has 0 aliphatic heterocycles. The Hall–Kier alpha value is -2.78. The molecule has 0 saturated heterocycles. The molecule has 0 atom stereocenters. The molecule has 262 valence electrons. The highest BCUT2D eigenvalue weighted by molar-refractivity contribution is 5.93. The van der Waals surface area contributed by atoms with Crippen LogP contribution in [0.25, 0.3) is 0 Å². The van der Waals surface area contributed by atoms with Gasteiger partial charge in [-0.15, -0.1) is 24.7 Å². The van der Waals surface area contributed by atoms with Gasteiger partial charge in [-0.2, -0.15) is 0 Å². The Balaban J connectivity index is 3.25. The SMILES string of the molecule is C#CCC/C=C(\C)C(=O)NCCOCCOCCOCCOCCOCCOCCOCCOCCNC(=O)/C(C)=C/CCC#C. The van der Waals surface area contributed by atoms with Crippen molar-refractivity contribution in [2.24, 2.45) is 0 Å². The Labute approximate surface area is 276 Å². The van der Waals surface area contributed by atoms with Crippen LogP contribution in [-0.4, -0.2) is 131 Å². The monoisotopic (exact) mass is 652 g/mol. The maximum atomic E-state index is 11.9. The van der Waals surface area contributed by atoms with E-state index >= 15 is 0 Å². The quantitative estimate of drug-likeness (QED) is 0.0617. The third kappa shape index (κ3) is 31.2. The van der Waals surface area contributed by atoms with Crippen LogP contribution < -0.4 is 10.6 Å². The van der Waals surface area contributed by atoms with Crippen LogP contribution in [0.1, 0.15) is 39.5 Å². The summed E-state index contributed by atoms with van der Waals surface area (Å²) in [5, 5.41) is 5.59. The van der Waals surface area contributed by atoms with Crippen LogP contribution in [0, 0.1) is 24.7 Å². The van der Waals surface area contributed by atoms with E-state index in [4.69, 9.17) is 50.7 Å². The molecule has 12 heteroatoms. The summed E-state index contributed by atoms with van der Waals surface area (Å²) in [6, 6.07) is 0. The number of nitrogens with one attached hydrogen (secondary N) is 2. The van der Waals surface area contributed by atoms with Gasteiger partial charge in [0.05, 0.1) is 106 Å². The number of amides is 2. The topological polar surface area (TPSA) is 132 Å². The first-order chi connectivity index (χ1) is 22.5. The fourth-order valence-electron chi connectivity index (χ4n) is 3.32. The zero-order valence-electron chi connectivity index (χ0n) is 27.9. The van der Waals surface area contributed by atoms with Crippen LogP contribution in [0.3, 0.4) is 0 Å². The van der Waals surface area contributed by atoms with Crippen molar-refractivity contribution in [2.75, 3.05) is 119 Å². The molecule has 0 unspecified atom stereocenters. The number of unbranched alkanes of at least 4 members (excludes halogenated alkanes) is 2. The normalized spacial score (nSPS) is 11.7. The van der Waals surface area contributed by atoms with E-state index in [0.29, 0.717) is 156 Å². The number of hydrogen-bond donors (Lipinski definition) is 2. The third-order valence-corrected chi connectivity index (χ3v) is 5.86. The van der Waals surface area contributed by atoms with Crippen molar-refractivity contribution < 1.29 is 47.5 Å². The molecule has 0 bridgehead atoms. The summed E-state index contributed by atoms with van der Waals surface area (Å²) in [6.07, 6.45) is 16.7. The summed E-state index contributed by atoms with van der Waals surface area (Å²) >= 11 is 0. The first-order valence-electron chi connectivity index (χ1n) is 15.9. The van der Waals surface area contributed by atoms with Gasteiger partial charge in [0.25, 0.3) is 0 Å². The molecule has 12 nitrogen and oxygen atoms in total. The van der Waals surface area contributed by atoms with E-state index in [-0.39, 0.29) is 11.8 Å². The number of carbonyl (C=O) groups is 2. The summed E-state index contributed by atoms with van der Waals surface area (Å²) in [5.41, 5.74) is 1.32. The lowest BCUT2D eigenvalue weighted by atomic mass is 10.2. The summed E-state index contributed by atoms with van der Waals surface area (Å²) in [7, 11) is 0. The minimum absolute atomic E-state index is 0.109. The van der Waals surface area contributed by atoms with Gasteiger partial charge in [0.1, 0.15) is 0 Å². The Morgan fingerprint density at radius 2 is 0.717 bits per heavy atom. The zero-order valence-corrected chi connectivity index (χ0v) is 27.9. The van der Waals surface area contributed by atoms with E-state index in [9.17, 15) is 9.59 Å². The van der Waals surface area contributed by atoms with Gasteiger partial charge in [0.15, 0.2) is 0 Å². The molecule has 0 heterocycles. The van der Waals surface area contributed by atoms with E-state index in [1.54, 1.807) is 13.8 Å². The van der Waals surface area contributed by atoms with Crippen LogP contribution in [0.4, 0.5) is 0 Å². The van der Waals surface area contributed by atoms with Crippen LogP contribution in [0.15, 0.2) is 23.3 Å². The summed E-state index contributed by atoms with van der Waals surface area (Å²) in [5.74, 6) is 4.86. The lowest BCUT2D eigenvalue weighted by Crippen LogP contribution is -2.28. The molecule has 0 fully saturated rings. The van der Waals surface area contributed by atoms with Gasteiger partial charge in [0, 0.05) is 37.1 Å². The molecule has 0 aliphatic carbocycles. The highest BCUT2D eigenvalue weighted by atomic mass is 16.6. The van der Waals surface area contributed by atoms with E-state index in [0.717, 1.165) is 0 Å². The molecule has 0 rings (SSSR count). The molecule has 0 aliphatic rings. The van der Waals surface area contributed by atoms with Crippen molar-refractivity contribution in [3.05, 3.63) is 23.3 Å². The maximum Gasteiger partial charge on any atom is 0.246 e. The van der Waals surface area contributed by atoms with Gasteiger partial charge in [-0.05, 0) is 26.7 Å². The van der Waals surface area contributed by atoms with Crippen molar-refractivity contribution in [1.82, 2.24) is 10.6 Å². The zero-order chi connectivity index (χ0) is 33.8. The second-order valence-electron chi connectivity index (χ2n) is 9.67.